The minimum Gasteiger partial charge on any atom is -1.00 e. The van der Waals surface area contributed by atoms with Crippen LogP contribution in [-0.2, 0) is 17.8 Å². The van der Waals surface area contributed by atoms with Gasteiger partial charge in [0.25, 0.3) is 0 Å². The van der Waals surface area contributed by atoms with Crippen LogP contribution in [0.15, 0.2) is 36.5 Å². The minimum absolute atomic E-state index is 0. The van der Waals surface area contributed by atoms with Crippen molar-refractivity contribution in [2.75, 3.05) is 13.9 Å². The van der Waals surface area contributed by atoms with Crippen molar-refractivity contribution in [3.05, 3.63) is 42.1 Å². The van der Waals surface area contributed by atoms with E-state index in [9.17, 15) is 4.79 Å². The molecule has 0 saturated carbocycles. The number of methoxy groups -OCH3 is 1. The number of hydrogen-bond acceptors (Lipinski definition) is 5. The summed E-state index contributed by atoms with van der Waals surface area (Å²) < 4.78 is 24.8. The lowest BCUT2D eigenvalue weighted by atomic mass is 9.95. The Hall–Kier alpha value is -2.99. The largest absolute Gasteiger partial charge is 1.00 e. The van der Waals surface area contributed by atoms with Gasteiger partial charge in [0.1, 0.15) is 0 Å². The molecule has 34 heavy (non-hydrogen) atoms. The van der Waals surface area contributed by atoms with E-state index in [4.69, 9.17) is 18.9 Å². The summed E-state index contributed by atoms with van der Waals surface area (Å²) in [6, 6.07) is 10.2. The maximum atomic E-state index is 12.6. The molecule has 0 saturated heterocycles. The van der Waals surface area contributed by atoms with Gasteiger partial charge in [-0.05, 0) is 41.6 Å². The van der Waals surface area contributed by atoms with Gasteiger partial charge in [-0.3, -0.25) is 4.79 Å². The Morgan fingerprint density at radius 2 is 1.85 bits per heavy atom. The lowest BCUT2D eigenvalue weighted by Gasteiger charge is -2.17. The Morgan fingerprint density at radius 1 is 1.06 bits per heavy atom. The van der Waals surface area contributed by atoms with Crippen LogP contribution < -0.4 is 35.9 Å². The number of pyridine rings is 1. The number of halogens is 1. The van der Waals surface area contributed by atoms with Gasteiger partial charge in [-0.15, -0.1) is 0 Å². The molecule has 2 aliphatic heterocycles. The van der Waals surface area contributed by atoms with Gasteiger partial charge < -0.3 is 31.4 Å². The van der Waals surface area contributed by atoms with E-state index in [-0.39, 0.29) is 25.2 Å². The number of hydrogen-bond donors (Lipinski definition) is 0. The quantitative estimate of drug-likeness (QED) is 0.213. The predicted octanol–water partition coefficient (Wildman–Crippen LogP) is 2.36. The Bertz CT molecular complexity index is 1210. The molecule has 0 bridgehead atoms. The number of esters is 1. The van der Waals surface area contributed by atoms with Crippen molar-refractivity contribution in [1.29, 1.82) is 0 Å². The van der Waals surface area contributed by atoms with Crippen molar-refractivity contribution in [2.24, 2.45) is 0 Å². The van der Waals surface area contributed by atoms with E-state index in [1.165, 1.54) is 18.4 Å². The fourth-order valence-electron chi connectivity index (χ4n) is 4.70. The molecule has 3 aromatic rings. The molecule has 3 heterocycles. The standard InChI is InChI=1S/C27H30NO5.ClH/c1-3-4-5-6-7-8-26(29)33-27-21-16-28-12-11-19-14-24-25(32-17-31-24)15-20(19)22(28)13-18(21)9-10-23(27)30-2;/h9-10,13-16H,3-8,11-12,17H2,1-2H3;1H/q+1;/p-1. The minimum atomic E-state index is -0.210. The van der Waals surface area contributed by atoms with Gasteiger partial charge in [-0.1, -0.05) is 32.6 Å². The molecule has 2 aromatic carbocycles. The van der Waals surface area contributed by atoms with Crippen molar-refractivity contribution in [3.8, 4) is 34.3 Å². The van der Waals surface area contributed by atoms with Crippen molar-refractivity contribution in [1.82, 2.24) is 0 Å². The smallest absolute Gasteiger partial charge is 0.311 e. The van der Waals surface area contributed by atoms with Crippen LogP contribution in [0.4, 0.5) is 0 Å². The molecule has 0 radical (unpaired) electrons. The van der Waals surface area contributed by atoms with Gasteiger partial charge in [0, 0.05) is 18.9 Å². The van der Waals surface area contributed by atoms with Gasteiger partial charge in [0.05, 0.1) is 18.1 Å². The maximum Gasteiger partial charge on any atom is 0.311 e. The molecule has 0 fully saturated rings. The summed E-state index contributed by atoms with van der Waals surface area (Å²) in [5, 5.41) is 1.87. The normalized spacial score (nSPS) is 13.1. The number of fused-ring (bicyclic) bond motifs is 5. The summed E-state index contributed by atoms with van der Waals surface area (Å²) in [5.41, 5.74) is 3.51. The van der Waals surface area contributed by atoms with Gasteiger partial charge in [-0.2, -0.15) is 4.57 Å². The lowest BCUT2D eigenvalue weighted by Crippen LogP contribution is -3.00. The number of nitrogens with zero attached hydrogens (tertiary/aromatic N) is 1. The summed E-state index contributed by atoms with van der Waals surface area (Å²) in [6.07, 6.45) is 8.84. The fourth-order valence-corrected chi connectivity index (χ4v) is 4.70. The van der Waals surface area contributed by atoms with E-state index in [0.29, 0.717) is 17.9 Å². The molecule has 1 aromatic heterocycles. The first kappa shape index (κ1) is 24.1. The molecule has 0 atom stereocenters. The number of carbonyl (C=O) groups excluding carboxylic acids is 1. The fraction of sp³-hybridized carbons (Fsp3) is 0.407. The monoisotopic (exact) mass is 483 g/mol. The van der Waals surface area contributed by atoms with E-state index in [0.717, 1.165) is 65.8 Å². The summed E-state index contributed by atoms with van der Waals surface area (Å²) >= 11 is 0. The zero-order chi connectivity index (χ0) is 22.8. The molecule has 2 aliphatic rings. The first-order chi connectivity index (χ1) is 16.2. The highest BCUT2D eigenvalue weighted by Gasteiger charge is 2.29. The molecule has 0 spiro atoms. The van der Waals surface area contributed by atoms with Crippen LogP contribution in [0.5, 0.6) is 23.0 Å². The number of aryl methyl sites for hydroxylation is 2. The molecule has 7 heteroatoms. The maximum absolute atomic E-state index is 12.6. The summed E-state index contributed by atoms with van der Waals surface area (Å²) in [5.74, 6) is 2.46. The first-order valence-electron chi connectivity index (χ1n) is 11.9. The Balaban J connectivity index is 0.00000274. The second-order valence-electron chi connectivity index (χ2n) is 8.70. The van der Waals surface area contributed by atoms with Crippen LogP contribution in [0.1, 0.15) is 51.0 Å². The molecule has 180 valence electrons. The SMILES string of the molecule is CCCCCCCC(=O)Oc1c(OC)ccc2cc3[n+](cc12)CCc1cc2c(cc1-3)OCO2.[Cl-]. The number of ether oxygens (including phenoxy) is 4. The van der Waals surface area contributed by atoms with Crippen molar-refractivity contribution >= 4 is 16.7 Å². The molecule has 5 rings (SSSR count). The highest BCUT2D eigenvalue weighted by molar-refractivity contribution is 5.93. The van der Waals surface area contributed by atoms with Crippen LogP contribution in [-0.4, -0.2) is 19.9 Å². The zero-order valence-electron chi connectivity index (χ0n) is 19.7. The van der Waals surface area contributed by atoms with E-state index in [1.807, 2.05) is 12.1 Å². The number of unbranched alkanes of at least 4 members (excludes halogenated alkanes) is 4. The molecular weight excluding hydrogens is 454 g/mol. The van der Waals surface area contributed by atoms with E-state index in [2.05, 4.69) is 35.9 Å². The molecule has 0 unspecified atom stereocenters. The second kappa shape index (κ2) is 10.5. The number of rotatable bonds is 8. The van der Waals surface area contributed by atoms with Crippen molar-refractivity contribution < 1.29 is 40.7 Å². The number of aromatic nitrogens is 1. The summed E-state index contributed by atoms with van der Waals surface area (Å²) in [6.45, 7) is 3.29. The van der Waals surface area contributed by atoms with Gasteiger partial charge >= 0.3 is 5.97 Å². The van der Waals surface area contributed by atoms with E-state index >= 15 is 0 Å². The summed E-state index contributed by atoms with van der Waals surface area (Å²) in [7, 11) is 1.60. The average molecular weight is 484 g/mol. The molecule has 6 nitrogen and oxygen atoms in total. The van der Waals surface area contributed by atoms with Crippen molar-refractivity contribution in [2.45, 2.75) is 58.4 Å². The van der Waals surface area contributed by atoms with Crippen LogP contribution in [0.2, 0.25) is 0 Å². The Morgan fingerprint density at radius 3 is 2.65 bits per heavy atom. The number of benzene rings is 2. The molecule has 0 amide bonds. The van der Waals surface area contributed by atoms with Crippen LogP contribution in [0, 0.1) is 0 Å². The van der Waals surface area contributed by atoms with Crippen molar-refractivity contribution in [3.63, 3.8) is 0 Å². The van der Waals surface area contributed by atoms with Crippen LogP contribution in [0.25, 0.3) is 22.0 Å². The second-order valence-corrected chi connectivity index (χ2v) is 8.70. The highest BCUT2D eigenvalue weighted by atomic mass is 35.5. The third-order valence-electron chi connectivity index (χ3n) is 6.50. The molecular formula is C27H30ClNO5. The Labute approximate surface area is 206 Å². The predicted molar refractivity (Wildman–Crippen MR) is 125 cm³/mol. The summed E-state index contributed by atoms with van der Waals surface area (Å²) in [4.78, 5) is 12.6. The zero-order valence-corrected chi connectivity index (χ0v) is 20.5. The van der Waals surface area contributed by atoms with Crippen LogP contribution >= 0.6 is 0 Å². The first-order valence-corrected chi connectivity index (χ1v) is 11.9. The third kappa shape index (κ3) is 4.64. The average Bonchev–Trinajstić information content (AvgIpc) is 3.29. The van der Waals surface area contributed by atoms with Gasteiger partial charge in [0.2, 0.25) is 12.5 Å². The Kier molecular flexibility index (Phi) is 7.47. The van der Waals surface area contributed by atoms with E-state index < -0.39 is 0 Å². The van der Waals surface area contributed by atoms with Gasteiger partial charge in [0.15, 0.2) is 35.7 Å². The van der Waals surface area contributed by atoms with Crippen LogP contribution in [0.3, 0.4) is 0 Å². The molecule has 0 N–H and O–H groups in total. The number of carbonyl (C=O) groups is 1. The van der Waals surface area contributed by atoms with E-state index in [1.54, 1.807) is 7.11 Å². The third-order valence-corrected chi connectivity index (χ3v) is 6.50. The molecule has 0 aliphatic carbocycles. The van der Waals surface area contributed by atoms with Gasteiger partial charge in [-0.25, -0.2) is 0 Å². The lowest BCUT2D eigenvalue weighted by molar-refractivity contribution is -0.686. The topological polar surface area (TPSA) is 57.9 Å². The highest BCUT2D eigenvalue weighted by Crippen LogP contribution is 2.41.